The maximum Gasteiger partial charge on any atom is 0.387 e. The van der Waals surface area contributed by atoms with Gasteiger partial charge in [0.25, 0.3) is 0 Å². The van der Waals surface area contributed by atoms with E-state index in [9.17, 15) is 18.4 Å². The molecular formula is C20H20F2N4O3S. The standard InChI is InChI=1S/C20H20F2N4O3S/c1-13(17(27)23-15-7-9-16(10-8-15)29-18(21)22)30-20-25-24-19(28)26(20)12-11-14-5-3-2-4-6-14/h2-10,13,18H,11-12H2,1H3,(H,23,27)(H,24,28). The zero-order valence-electron chi connectivity index (χ0n) is 16.0. The van der Waals surface area contributed by atoms with E-state index in [1.807, 2.05) is 30.3 Å². The number of carbonyl (C=O) groups is 1. The van der Waals surface area contributed by atoms with Crippen molar-refractivity contribution in [2.75, 3.05) is 5.32 Å². The number of aromatic nitrogens is 3. The number of thioether (sulfide) groups is 1. The van der Waals surface area contributed by atoms with Gasteiger partial charge in [-0.25, -0.2) is 9.89 Å². The molecule has 1 heterocycles. The lowest BCUT2D eigenvalue weighted by molar-refractivity contribution is -0.115. The minimum Gasteiger partial charge on any atom is -0.435 e. The van der Waals surface area contributed by atoms with Gasteiger partial charge in [-0.15, -0.1) is 5.10 Å². The number of amides is 1. The third-order valence-corrected chi connectivity index (χ3v) is 5.28. The highest BCUT2D eigenvalue weighted by Gasteiger charge is 2.19. The molecule has 7 nitrogen and oxygen atoms in total. The van der Waals surface area contributed by atoms with E-state index in [-0.39, 0.29) is 17.3 Å². The minimum atomic E-state index is -2.91. The fourth-order valence-electron chi connectivity index (χ4n) is 2.65. The van der Waals surface area contributed by atoms with Crippen molar-refractivity contribution in [3.05, 3.63) is 70.6 Å². The van der Waals surface area contributed by atoms with Gasteiger partial charge in [-0.05, 0) is 43.2 Å². The van der Waals surface area contributed by atoms with Crippen LogP contribution in [0.15, 0.2) is 64.5 Å². The van der Waals surface area contributed by atoms with Gasteiger partial charge in [0, 0.05) is 12.2 Å². The summed E-state index contributed by atoms with van der Waals surface area (Å²) >= 11 is 1.15. The second-order valence-electron chi connectivity index (χ2n) is 6.35. The lowest BCUT2D eigenvalue weighted by Gasteiger charge is -2.13. The molecule has 0 fully saturated rings. The zero-order chi connectivity index (χ0) is 21.5. The van der Waals surface area contributed by atoms with E-state index >= 15 is 0 Å². The third kappa shape index (κ3) is 5.93. The van der Waals surface area contributed by atoms with E-state index in [1.54, 1.807) is 6.92 Å². The number of alkyl halides is 2. The van der Waals surface area contributed by atoms with E-state index in [0.717, 1.165) is 17.3 Å². The number of aryl methyl sites for hydroxylation is 1. The quantitative estimate of drug-likeness (QED) is 0.503. The monoisotopic (exact) mass is 434 g/mol. The Morgan fingerprint density at radius 2 is 1.90 bits per heavy atom. The molecule has 1 atom stereocenters. The van der Waals surface area contributed by atoms with Gasteiger partial charge >= 0.3 is 12.3 Å². The molecule has 0 radical (unpaired) electrons. The number of aromatic amines is 1. The highest BCUT2D eigenvalue weighted by atomic mass is 32.2. The van der Waals surface area contributed by atoms with Crippen LogP contribution in [0, 0.1) is 0 Å². The highest BCUT2D eigenvalue weighted by molar-refractivity contribution is 8.00. The molecule has 0 saturated carbocycles. The number of ether oxygens (including phenoxy) is 1. The number of carbonyl (C=O) groups excluding carboxylic acids is 1. The normalized spacial score (nSPS) is 12.0. The van der Waals surface area contributed by atoms with E-state index in [4.69, 9.17) is 0 Å². The molecule has 10 heteroatoms. The first-order chi connectivity index (χ1) is 14.4. The van der Waals surface area contributed by atoms with Crippen LogP contribution in [0.25, 0.3) is 0 Å². The van der Waals surface area contributed by atoms with Crippen LogP contribution in [0.1, 0.15) is 12.5 Å². The van der Waals surface area contributed by atoms with Gasteiger partial charge in [0.2, 0.25) is 5.91 Å². The number of nitrogens with zero attached hydrogens (tertiary/aromatic N) is 2. The molecule has 3 aromatic rings. The van der Waals surface area contributed by atoms with E-state index in [1.165, 1.54) is 28.8 Å². The Bertz CT molecular complexity index is 1020. The van der Waals surface area contributed by atoms with Crippen LogP contribution in [0.5, 0.6) is 5.75 Å². The minimum absolute atomic E-state index is 0.00405. The number of anilines is 1. The van der Waals surface area contributed by atoms with Gasteiger partial charge in [-0.3, -0.25) is 9.36 Å². The number of rotatable bonds is 9. The summed E-state index contributed by atoms with van der Waals surface area (Å²) in [7, 11) is 0. The first kappa shape index (κ1) is 21.6. The summed E-state index contributed by atoms with van der Waals surface area (Å²) in [6.45, 7) is -0.786. The maximum absolute atomic E-state index is 12.5. The first-order valence-corrected chi connectivity index (χ1v) is 10.0. The topological polar surface area (TPSA) is 89.0 Å². The lowest BCUT2D eigenvalue weighted by atomic mass is 10.1. The maximum atomic E-state index is 12.5. The van der Waals surface area contributed by atoms with Gasteiger partial charge in [0.1, 0.15) is 5.75 Å². The average molecular weight is 434 g/mol. The van der Waals surface area contributed by atoms with Crippen LogP contribution >= 0.6 is 11.8 Å². The molecule has 0 spiro atoms. The predicted molar refractivity (Wildman–Crippen MR) is 110 cm³/mol. The SMILES string of the molecule is CC(Sc1n[nH]c(=O)n1CCc1ccccc1)C(=O)Nc1ccc(OC(F)F)cc1. The number of hydrogen-bond acceptors (Lipinski definition) is 5. The summed E-state index contributed by atoms with van der Waals surface area (Å²) in [5, 5.41) is 9.00. The van der Waals surface area contributed by atoms with Crippen molar-refractivity contribution in [1.82, 2.24) is 14.8 Å². The van der Waals surface area contributed by atoms with Crippen LogP contribution in [0.3, 0.4) is 0 Å². The molecule has 1 unspecified atom stereocenters. The van der Waals surface area contributed by atoms with Crippen LogP contribution < -0.4 is 15.7 Å². The fourth-order valence-corrected chi connectivity index (χ4v) is 3.53. The highest BCUT2D eigenvalue weighted by Crippen LogP contribution is 2.23. The Morgan fingerprint density at radius 3 is 2.57 bits per heavy atom. The predicted octanol–water partition coefficient (Wildman–Crippen LogP) is 3.53. The summed E-state index contributed by atoms with van der Waals surface area (Å²) in [4.78, 5) is 24.5. The van der Waals surface area contributed by atoms with Crippen molar-refractivity contribution < 1.29 is 18.3 Å². The number of hydrogen-bond donors (Lipinski definition) is 2. The van der Waals surface area contributed by atoms with Crippen molar-refractivity contribution in [3.8, 4) is 5.75 Å². The molecule has 30 heavy (non-hydrogen) atoms. The van der Waals surface area contributed by atoms with Gasteiger partial charge in [-0.1, -0.05) is 42.1 Å². The van der Waals surface area contributed by atoms with Crippen molar-refractivity contribution in [1.29, 1.82) is 0 Å². The van der Waals surface area contributed by atoms with E-state index in [0.29, 0.717) is 23.8 Å². The van der Waals surface area contributed by atoms with E-state index in [2.05, 4.69) is 20.3 Å². The Balaban J connectivity index is 1.59. The van der Waals surface area contributed by atoms with Gasteiger partial charge in [-0.2, -0.15) is 8.78 Å². The van der Waals surface area contributed by atoms with Crippen LogP contribution in [0.4, 0.5) is 14.5 Å². The first-order valence-electron chi connectivity index (χ1n) is 9.14. The molecule has 0 bridgehead atoms. The largest absolute Gasteiger partial charge is 0.435 e. The molecule has 2 N–H and O–H groups in total. The molecule has 158 valence electrons. The van der Waals surface area contributed by atoms with E-state index < -0.39 is 11.9 Å². The molecule has 0 saturated heterocycles. The smallest absolute Gasteiger partial charge is 0.387 e. The second kappa shape index (κ2) is 10.1. The Labute approximate surface area is 175 Å². The van der Waals surface area contributed by atoms with Gasteiger partial charge in [0.15, 0.2) is 5.16 Å². The van der Waals surface area contributed by atoms with Gasteiger partial charge < -0.3 is 10.1 Å². The Kier molecular flexibility index (Phi) is 7.23. The Morgan fingerprint density at radius 1 is 1.20 bits per heavy atom. The molecular weight excluding hydrogens is 414 g/mol. The molecule has 1 aromatic heterocycles. The summed E-state index contributed by atoms with van der Waals surface area (Å²) in [5.41, 5.74) is 1.19. The third-order valence-electron chi connectivity index (χ3n) is 4.19. The summed E-state index contributed by atoms with van der Waals surface area (Å²) in [6, 6.07) is 15.4. The van der Waals surface area contributed by atoms with Gasteiger partial charge in [0.05, 0.1) is 5.25 Å². The molecule has 0 aliphatic heterocycles. The van der Waals surface area contributed by atoms with Crippen LogP contribution in [0.2, 0.25) is 0 Å². The molecule has 0 aliphatic rings. The zero-order valence-corrected chi connectivity index (χ0v) is 16.9. The average Bonchev–Trinajstić information content (AvgIpc) is 3.07. The lowest BCUT2D eigenvalue weighted by Crippen LogP contribution is -2.24. The number of nitrogens with one attached hydrogen (secondary N) is 2. The van der Waals surface area contributed by atoms with Crippen molar-refractivity contribution in [2.45, 2.75) is 36.9 Å². The summed E-state index contributed by atoms with van der Waals surface area (Å²) < 4.78 is 30.2. The molecule has 0 aliphatic carbocycles. The van der Waals surface area contributed by atoms with Crippen LogP contribution in [-0.2, 0) is 17.8 Å². The number of halogens is 2. The fraction of sp³-hybridized carbons (Fsp3) is 0.250. The van der Waals surface area contributed by atoms with Crippen molar-refractivity contribution in [2.24, 2.45) is 0 Å². The number of H-pyrrole nitrogens is 1. The number of benzene rings is 2. The second-order valence-corrected chi connectivity index (χ2v) is 7.66. The molecule has 3 rings (SSSR count). The summed E-state index contributed by atoms with van der Waals surface area (Å²) in [6.07, 6.45) is 0.654. The van der Waals surface area contributed by atoms with Crippen molar-refractivity contribution in [3.63, 3.8) is 0 Å². The summed E-state index contributed by atoms with van der Waals surface area (Å²) in [5.74, 6) is -0.308. The van der Waals surface area contributed by atoms with Crippen LogP contribution in [-0.4, -0.2) is 32.5 Å². The molecule has 1 amide bonds. The molecule has 2 aromatic carbocycles. The Hall–Kier alpha value is -3.14. The van der Waals surface area contributed by atoms with Crippen molar-refractivity contribution >= 4 is 23.4 Å².